The van der Waals surface area contributed by atoms with Gasteiger partial charge in [-0.2, -0.15) is 0 Å². The van der Waals surface area contributed by atoms with E-state index in [9.17, 15) is 4.79 Å². The molecule has 1 saturated heterocycles. The first-order valence-electron chi connectivity index (χ1n) is 6.80. The average molecular weight is 261 g/mol. The van der Waals surface area contributed by atoms with E-state index in [1.165, 1.54) is 5.56 Å². The van der Waals surface area contributed by atoms with Crippen molar-refractivity contribution in [1.82, 2.24) is 10.6 Å². The van der Waals surface area contributed by atoms with E-state index in [-0.39, 0.29) is 11.9 Å². The van der Waals surface area contributed by atoms with Gasteiger partial charge >= 0.3 is 0 Å². The standard InChI is InChI=1S/C15H23N3O/c1-10-5-6-14(11(2)7-10)18(4)15(19)13-9-16-12(3)8-17-13/h5-7,12-13,16-17H,8-9H2,1-4H3. The molecule has 0 spiro atoms. The number of benzene rings is 1. The second-order valence-corrected chi connectivity index (χ2v) is 5.46. The van der Waals surface area contributed by atoms with E-state index in [0.717, 1.165) is 17.8 Å². The molecule has 0 saturated carbocycles. The van der Waals surface area contributed by atoms with Crippen molar-refractivity contribution < 1.29 is 4.79 Å². The Bertz CT molecular complexity index is 464. The number of hydrogen-bond acceptors (Lipinski definition) is 3. The molecule has 1 aromatic carbocycles. The lowest BCUT2D eigenvalue weighted by Gasteiger charge is -2.31. The van der Waals surface area contributed by atoms with Gasteiger partial charge in [0.15, 0.2) is 0 Å². The zero-order valence-electron chi connectivity index (χ0n) is 12.2. The number of likely N-dealkylation sites (N-methyl/N-ethyl adjacent to an activating group) is 1. The summed E-state index contributed by atoms with van der Waals surface area (Å²) in [4.78, 5) is 14.2. The fourth-order valence-corrected chi connectivity index (χ4v) is 2.49. The van der Waals surface area contributed by atoms with E-state index in [0.29, 0.717) is 12.6 Å². The lowest BCUT2D eigenvalue weighted by molar-refractivity contribution is -0.120. The SMILES string of the molecule is Cc1ccc(N(C)C(=O)C2CNC(C)CN2)c(C)c1. The molecule has 1 amide bonds. The highest BCUT2D eigenvalue weighted by Gasteiger charge is 2.26. The molecule has 2 unspecified atom stereocenters. The van der Waals surface area contributed by atoms with Crippen molar-refractivity contribution in [3.05, 3.63) is 29.3 Å². The van der Waals surface area contributed by atoms with Crippen molar-refractivity contribution in [2.24, 2.45) is 0 Å². The first kappa shape index (κ1) is 14.0. The van der Waals surface area contributed by atoms with Crippen LogP contribution in [-0.2, 0) is 4.79 Å². The van der Waals surface area contributed by atoms with Gasteiger partial charge in [-0.15, -0.1) is 0 Å². The number of rotatable bonds is 2. The van der Waals surface area contributed by atoms with Gasteiger partial charge in [-0.1, -0.05) is 17.7 Å². The van der Waals surface area contributed by atoms with Gasteiger partial charge in [0.1, 0.15) is 0 Å². The summed E-state index contributed by atoms with van der Waals surface area (Å²) >= 11 is 0. The maximum absolute atomic E-state index is 12.5. The van der Waals surface area contributed by atoms with Gasteiger partial charge in [-0.3, -0.25) is 4.79 Å². The molecular formula is C15H23N3O. The third-order valence-corrected chi connectivity index (χ3v) is 3.68. The molecule has 1 heterocycles. The topological polar surface area (TPSA) is 44.4 Å². The molecule has 2 N–H and O–H groups in total. The Morgan fingerprint density at radius 1 is 1.26 bits per heavy atom. The van der Waals surface area contributed by atoms with Crippen LogP contribution in [0.1, 0.15) is 18.1 Å². The van der Waals surface area contributed by atoms with E-state index in [4.69, 9.17) is 0 Å². The Morgan fingerprint density at radius 2 is 2.00 bits per heavy atom. The minimum Gasteiger partial charge on any atom is -0.314 e. The van der Waals surface area contributed by atoms with Crippen LogP contribution in [0.2, 0.25) is 0 Å². The van der Waals surface area contributed by atoms with E-state index >= 15 is 0 Å². The van der Waals surface area contributed by atoms with Gasteiger partial charge < -0.3 is 15.5 Å². The summed E-state index contributed by atoms with van der Waals surface area (Å²) in [5.74, 6) is 0.117. The number of anilines is 1. The molecule has 0 aliphatic carbocycles. The molecule has 1 aromatic rings. The van der Waals surface area contributed by atoms with Crippen LogP contribution in [-0.4, -0.2) is 38.1 Å². The van der Waals surface area contributed by atoms with Crippen LogP contribution in [0, 0.1) is 13.8 Å². The van der Waals surface area contributed by atoms with E-state index < -0.39 is 0 Å². The van der Waals surface area contributed by atoms with E-state index in [1.54, 1.807) is 4.90 Å². The summed E-state index contributed by atoms with van der Waals surface area (Å²) in [6, 6.07) is 6.45. The normalized spacial score (nSPS) is 23.2. The minimum absolute atomic E-state index is 0.117. The highest BCUT2D eigenvalue weighted by atomic mass is 16.2. The number of nitrogens with one attached hydrogen (secondary N) is 2. The molecule has 1 aliphatic rings. The summed E-state index contributed by atoms with van der Waals surface area (Å²) in [6.45, 7) is 7.74. The molecule has 2 atom stereocenters. The molecule has 1 fully saturated rings. The Kier molecular flexibility index (Phi) is 4.22. The third-order valence-electron chi connectivity index (χ3n) is 3.68. The summed E-state index contributed by atoms with van der Waals surface area (Å²) < 4.78 is 0. The number of carbonyl (C=O) groups excluding carboxylic acids is 1. The quantitative estimate of drug-likeness (QED) is 0.841. The largest absolute Gasteiger partial charge is 0.314 e. The molecule has 1 aliphatic heterocycles. The van der Waals surface area contributed by atoms with Crippen LogP contribution in [0.4, 0.5) is 5.69 Å². The summed E-state index contributed by atoms with van der Waals surface area (Å²) in [7, 11) is 1.85. The fraction of sp³-hybridized carbons (Fsp3) is 0.533. The van der Waals surface area contributed by atoms with Gasteiger partial charge in [-0.05, 0) is 32.4 Å². The Morgan fingerprint density at radius 3 is 2.58 bits per heavy atom. The smallest absolute Gasteiger partial charge is 0.245 e. The molecular weight excluding hydrogens is 238 g/mol. The van der Waals surface area contributed by atoms with Crippen LogP contribution >= 0.6 is 0 Å². The highest BCUT2D eigenvalue weighted by molar-refractivity contribution is 5.97. The zero-order valence-corrected chi connectivity index (χ0v) is 12.2. The van der Waals surface area contributed by atoms with Gasteiger partial charge in [0.2, 0.25) is 5.91 Å². The van der Waals surface area contributed by atoms with E-state index in [1.807, 2.05) is 26.1 Å². The number of piperazine rings is 1. The van der Waals surface area contributed by atoms with E-state index in [2.05, 4.69) is 30.5 Å². The monoisotopic (exact) mass is 261 g/mol. The molecule has 19 heavy (non-hydrogen) atoms. The van der Waals surface area contributed by atoms with Gasteiger partial charge in [-0.25, -0.2) is 0 Å². The van der Waals surface area contributed by atoms with Crippen LogP contribution in [0.15, 0.2) is 18.2 Å². The molecule has 4 heteroatoms. The number of carbonyl (C=O) groups is 1. The summed E-state index contributed by atoms with van der Waals surface area (Å²) in [5.41, 5.74) is 3.33. The lowest BCUT2D eigenvalue weighted by atomic mass is 10.1. The Balaban J connectivity index is 2.10. The molecule has 0 aromatic heterocycles. The summed E-state index contributed by atoms with van der Waals surface area (Å²) in [5, 5.41) is 6.63. The predicted octanol–water partition coefficient (Wildman–Crippen LogP) is 1.22. The first-order chi connectivity index (χ1) is 8.99. The number of hydrogen-bond donors (Lipinski definition) is 2. The predicted molar refractivity (Wildman–Crippen MR) is 78.6 cm³/mol. The van der Waals surface area contributed by atoms with Crippen molar-refractivity contribution in [2.45, 2.75) is 32.9 Å². The molecule has 4 nitrogen and oxygen atoms in total. The van der Waals surface area contributed by atoms with Crippen LogP contribution in [0.25, 0.3) is 0 Å². The zero-order chi connectivity index (χ0) is 14.0. The van der Waals surface area contributed by atoms with Crippen LogP contribution < -0.4 is 15.5 Å². The van der Waals surface area contributed by atoms with Crippen molar-refractivity contribution in [2.75, 3.05) is 25.0 Å². The van der Waals surface area contributed by atoms with Gasteiger partial charge in [0.25, 0.3) is 0 Å². The average Bonchev–Trinajstić information content (AvgIpc) is 2.38. The summed E-state index contributed by atoms with van der Waals surface area (Å²) in [6.07, 6.45) is 0. The minimum atomic E-state index is -0.137. The highest BCUT2D eigenvalue weighted by Crippen LogP contribution is 2.20. The van der Waals surface area contributed by atoms with Gasteiger partial charge in [0.05, 0.1) is 6.04 Å². The molecule has 0 radical (unpaired) electrons. The van der Waals surface area contributed by atoms with Crippen LogP contribution in [0.5, 0.6) is 0 Å². The first-order valence-corrected chi connectivity index (χ1v) is 6.80. The van der Waals surface area contributed by atoms with Crippen molar-refractivity contribution >= 4 is 11.6 Å². The number of amides is 1. The van der Waals surface area contributed by atoms with Gasteiger partial charge in [0, 0.05) is 31.9 Å². The maximum atomic E-state index is 12.5. The maximum Gasteiger partial charge on any atom is 0.245 e. The van der Waals surface area contributed by atoms with Crippen molar-refractivity contribution in [3.63, 3.8) is 0 Å². The Labute approximate surface area is 115 Å². The van der Waals surface area contributed by atoms with Crippen molar-refractivity contribution in [1.29, 1.82) is 0 Å². The number of aryl methyl sites for hydroxylation is 2. The fourth-order valence-electron chi connectivity index (χ4n) is 2.49. The van der Waals surface area contributed by atoms with Crippen LogP contribution in [0.3, 0.4) is 0 Å². The Hall–Kier alpha value is -1.39. The molecule has 2 rings (SSSR count). The third kappa shape index (κ3) is 3.14. The number of nitrogens with zero attached hydrogens (tertiary/aromatic N) is 1. The molecule has 0 bridgehead atoms. The second-order valence-electron chi connectivity index (χ2n) is 5.46. The molecule has 104 valence electrons. The second kappa shape index (κ2) is 5.72. The lowest BCUT2D eigenvalue weighted by Crippen LogP contribution is -2.59. The van der Waals surface area contributed by atoms with Crippen molar-refractivity contribution in [3.8, 4) is 0 Å².